The van der Waals surface area contributed by atoms with E-state index in [2.05, 4.69) is 69.7 Å². The lowest BCUT2D eigenvalue weighted by Crippen LogP contribution is -2.23. The van der Waals surface area contributed by atoms with E-state index in [1.807, 2.05) is 30.5 Å². The van der Waals surface area contributed by atoms with E-state index in [9.17, 15) is 0 Å². The first kappa shape index (κ1) is 19.5. The minimum atomic E-state index is 0.767. The van der Waals surface area contributed by atoms with Gasteiger partial charge in [0.2, 0.25) is 0 Å². The zero-order valence-electron chi connectivity index (χ0n) is 15.8. The highest BCUT2D eigenvalue weighted by Gasteiger charge is 2.12. The number of hydrogen-bond donors (Lipinski definition) is 0. The molecule has 2 aromatic carbocycles. The van der Waals surface area contributed by atoms with Crippen LogP contribution in [0.1, 0.15) is 16.7 Å². The van der Waals surface area contributed by atoms with Crippen molar-refractivity contribution >= 4 is 28.4 Å². The number of hydrogen-bond acceptors (Lipinski definition) is 4. The van der Waals surface area contributed by atoms with Crippen molar-refractivity contribution in [1.29, 1.82) is 0 Å². The van der Waals surface area contributed by atoms with Crippen molar-refractivity contribution in [2.24, 2.45) is 0 Å². The standard InChI is InChI=1S/C22H23IN2O2/c1-16-12-22(24-13-21(16)23)25(14-17-4-8-19(26-2)9-5-17)15-18-6-10-20(27-3)11-7-18/h4-13H,14-15H2,1-3H3. The Hall–Kier alpha value is -2.28. The van der Waals surface area contributed by atoms with Gasteiger partial charge in [-0.05, 0) is 76.5 Å². The van der Waals surface area contributed by atoms with Crippen molar-refractivity contribution in [1.82, 2.24) is 4.98 Å². The predicted molar refractivity (Wildman–Crippen MR) is 118 cm³/mol. The number of rotatable bonds is 7. The maximum atomic E-state index is 5.27. The molecule has 0 radical (unpaired) electrons. The number of anilines is 1. The monoisotopic (exact) mass is 474 g/mol. The van der Waals surface area contributed by atoms with Gasteiger partial charge in [0.1, 0.15) is 17.3 Å². The number of aromatic nitrogens is 1. The normalized spacial score (nSPS) is 10.5. The SMILES string of the molecule is COc1ccc(CN(Cc2ccc(OC)cc2)c2cc(C)c(I)cn2)cc1. The molecule has 0 saturated carbocycles. The van der Waals surface area contributed by atoms with E-state index in [1.54, 1.807) is 14.2 Å². The van der Waals surface area contributed by atoms with Crippen LogP contribution in [0.2, 0.25) is 0 Å². The summed E-state index contributed by atoms with van der Waals surface area (Å²) in [6.07, 6.45) is 1.93. The third-order valence-corrected chi connectivity index (χ3v) is 5.55. The van der Waals surface area contributed by atoms with Crippen LogP contribution < -0.4 is 14.4 Å². The average Bonchev–Trinajstić information content (AvgIpc) is 2.70. The molecule has 4 nitrogen and oxygen atoms in total. The lowest BCUT2D eigenvalue weighted by Gasteiger charge is -2.25. The molecular formula is C22H23IN2O2. The molecule has 0 aliphatic rings. The summed E-state index contributed by atoms with van der Waals surface area (Å²) < 4.78 is 11.7. The van der Waals surface area contributed by atoms with Gasteiger partial charge in [-0.2, -0.15) is 0 Å². The van der Waals surface area contributed by atoms with Crippen LogP contribution in [0.15, 0.2) is 60.8 Å². The predicted octanol–water partition coefficient (Wildman–Crippen LogP) is 5.22. The lowest BCUT2D eigenvalue weighted by atomic mass is 10.1. The molecule has 0 saturated heterocycles. The Kier molecular flexibility index (Phi) is 6.55. The van der Waals surface area contributed by atoms with Crippen molar-refractivity contribution < 1.29 is 9.47 Å². The van der Waals surface area contributed by atoms with Gasteiger partial charge < -0.3 is 14.4 Å². The van der Waals surface area contributed by atoms with E-state index in [1.165, 1.54) is 20.3 Å². The largest absolute Gasteiger partial charge is 0.497 e. The number of methoxy groups -OCH3 is 2. The number of pyridine rings is 1. The zero-order valence-corrected chi connectivity index (χ0v) is 17.9. The van der Waals surface area contributed by atoms with Crippen LogP contribution in [0.3, 0.4) is 0 Å². The number of benzene rings is 2. The highest BCUT2D eigenvalue weighted by molar-refractivity contribution is 14.1. The van der Waals surface area contributed by atoms with Gasteiger partial charge in [0, 0.05) is 22.9 Å². The molecule has 3 aromatic rings. The number of ether oxygens (including phenoxy) is 2. The topological polar surface area (TPSA) is 34.6 Å². The summed E-state index contributed by atoms with van der Waals surface area (Å²) in [6, 6.07) is 18.5. The maximum Gasteiger partial charge on any atom is 0.129 e. The molecule has 1 aromatic heterocycles. The number of aryl methyl sites for hydroxylation is 1. The molecule has 3 rings (SSSR count). The van der Waals surface area contributed by atoms with E-state index < -0.39 is 0 Å². The van der Waals surface area contributed by atoms with Crippen LogP contribution in [0.25, 0.3) is 0 Å². The summed E-state index contributed by atoms with van der Waals surface area (Å²) in [5.41, 5.74) is 3.65. The second-order valence-corrected chi connectivity index (χ2v) is 7.51. The fraction of sp³-hybridized carbons (Fsp3) is 0.227. The number of halogens is 1. The Morgan fingerprint density at radius 2 is 1.33 bits per heavy atom. The fourth-order valence-corrected chi connectivity index (χ4v) is 3.11. The fourth-order valence-electron chi connectivity index (χ4n) is 2.82. The molecular weight excluding hydrogens is 451 g/mol. The van der Waals surface area contributed by atoms with Gasteiger partial charge in [0.25, 0.3) is 0 Å². The quantitative estimate of drug-likeness (QED) is 0.440. The number of nitrogens with zero attached hydrogens (tertiary/aromatic N) is 2. The van der Waals surface area contributed by atoms with E-state index in [0.29, 0.717) is 0 Å². The minimum absolute atomic E-state index is 0.767. The van der Waals surface area contributed by atoms with Gasteiger partial charge in [-0.15, -0.1) is 0 Å². The van der Waals surface area contributed by atoms with E-state index in [-0.39, 0.29) is 0 Å². The smallest absolute Gasteiger partial charge is 0.129 e. The molecule has 1 heterocycles. The van der Waals surface area contributed by atoms with Crippen molar-refractivity contribution in [3.8, 4) is 11.5 Å². The second kappa shape index (κ2) is 9.08. The van der Waals surface area contributed by atoms with Gasteiger partial charge in [0.05, 0.1) is 14.2 Å². The first-order valence-electron chi connectivity index (χ1n) is 8.72. The Labute approximate surface area is 174 Å². The molecule has 0 bridgehead atoms. The Morgan fingerprint density at radius 1 is 0.852 bits per heavy atom. The zero-order chi connectivity index (χ0) is 19.2. The first-order valence-corrected chi connectivity index (χ1v) is 9.80. The van der Waals surface area contributed by atoms with Crippen molar-refractivity contribution in [3.63, 3.8) is 0 Å². The van der Waals surface area contributed by atoms with E-state index in [0.717, 1.165) is 30.4 Å². The van der Waals surface area contributed by atoms with Crippen molar-refractivity contribution in [3.05, 3.63) is 81.1 Å². The molecule has 0 spiro atoms. The van der Waals surface area contributed by atoms with Gasteiger partial charge in [-0.25, -0.2) is 4.98 Å². The third-order valence-electron chi connectivity index (χ3n) is 4.42. The van der Waals surface area contributed by atoms with Gasteiger partial charge in [0.15, 0.2) is 0 Å². The van der Waals surface area contributed by atoms with Crippen LogP contribution in [-0.2, 0) is 13.1 Å². The van der Waals surface area contributed by atoms with Crippen LogP contribution >= 0.6 is 22.6 Å². The summed E-state index contributed by atoms with van der Waals surface area (Å²) in [7, 11) is 3.37. The highest BCUT2D eigenvalue weighted by atomic mass is 127. The Morgan fingerprint density at radius 3 is 1.74 bits per heavy atom. The molecule has 27 heavy (non-hydrogen) atoms. The average molecular weight is 474 g/mol. The lowest BCUT2D eigenvalue weighted by molar-refractivity contribution is 0.414. The summed E-state index contributed by atoms with van der Waals surface area (Å²) in [6.45, 7) is 3.65. The Bertz CT molecular complexity index is 830. The van der Waals surface area contributed by atoms with Gasteiger partial charge >= 0.3 is 0 Å². The molecule has 140 valence electrons. The van der Waals surface area contributed by atoms with Crippen LogP contribution in [0, 0.1) is 10.5 Å². The van der Waals surface area contributed by atoms with Gasteiger partial charge in [-0.3, -0.25) is 0 Å². The molecule has 0 fully saturated rings. The molecule has 5 heteroatoms. The maximum absolute atomic E-state index is 5.27. The molecule has 0 amide bonds. The summed E-state index contributed by atoms with van der Waals surface area (Å²) in [5.74, 6) is 2.70. The Balaban J connectivity index is 1.87. The van der Waals surface area contributed by atoms with Crippen molar-refractivity contribution in [2.75, 3.05) is 19.1 Å². The van der Waals surface area contributed by atoms with Crippen molar-refractivity contribution in [2.45, 2.75) is 20.0 Å². The van der Waals surface area contributed by atoms with E-state index >= 15 is 0 Å². The molecule has 0 unspecified atom stereocenters. The third kappa shape index (κ3) is 5.13. The van der Waals surface area contributed by atoms with Crippen LogP contribution in [-0.4, -0.2) is 19.2 Å². The second-order valence-electron chi connectivity index (χ2n) is 6.34. The van der Waals surface area contributed by atoms with Crippen LogP contribution in [0.5, 0.6) is 11.5 Å². The summed E-state index contributed by atoms with van der Waals surface area (Å²) >= 11 is 2.32. The van der Waals surface area contributed by atoms with E-state index in [4.69, 9.17) is 9.47 Å². The highest BCUT2D eigenvalue weighted by Crippen LogP contribution is 2.23. The first-order chi connectivity index (χ1) is 13.1. The molecule has 0 aliphatic carbocycles. The minimum Gasteiger partial charge on any atom is -0.497 e. The molecule has 0 aliphatic heterocycles. The molecule has 0 N–H and O–H groups in total. The van der Waals surface area contributed by atoms with Gasteiger partial charge in [-0.1, -0.05) is 24.3 Å². The van der Waals surface area contributed by atoms with Crippen LogP contribution in [0.4, 0.5) is 5.82 Å². The summed E-state index contributed by atoms with van der Waals surface area (Å²) in [4.78, 5) is 6.95. The molecule has 0 atom stereocenters. The summed E-state index contributed by atoms with van der Waals surface area (Å²) in [5, 5.41) is 0.